The van der Waals surface area contributed by atoms with E-state index in [4.69, 9.17) is 4.74 Å². The van der Waals surface area contributed by atoms with Gasteiger partial charge < -0.3 is 15.0 Å². The molecule has 1 fully saturated rings. The number of pyridine rings is 1. The summed E-state index contributed by atoms with van der Waals surface area (Å²) in [6.45, 7) is 3.68. The Kier molecular flexibility index (Phi) is 4.66. The van der Waals surface area contributed by atoms with E-state index in [0.29, 0.717) is 26.3 Å². The number of anilines is 1. The van der Waals surface area contributed by atoms with Gasteiger partial charge in [-0.25, -0.2) is 4.98 Å². The average Bonchev–Trinajstić information content (AvgIpc) is 2.47. The number of nitrogens with one attached hydrogen (secondary N) is 1. The van der Waals surface area contributed by atoms with Crippen LogP contribution in [0.25, 0.3) is 0 Å². The van der Waals surface area contributed by atoms with E-state index in [1.54, 1.807) is 11.8 Å². The van der Waals surface area contributed by atoms with Crippen molar-refractivity contribution in [1.29, 1.82) is 0 Å². The highest BCUT2D eigenvalue weighted by Crippen LogP contribution is 2.28. The Morgan fingerprint density at radius 3 is 2.57 bits per heavy atom. The second-order valence-corrected chi connectivity index (χ2v) is 4.73. The van der Waals surface area contributed by atoms with E-state index in [0.717, 1.165) is 12.3 Å². The van der Waals surface area contributed by atoms with Crippen molar-refractivity contribution in [3.63, 3.8) is 0 Å². The zero-order chi connectivity index (χ0) is 15.5. The zero-order valence-corrected chi connectivity index (χ0v) is 11.5. The number of hydrogen-bond donors (Lipinski definition) is 1. The number of ether oxygens (including phenoxy) is 1. The molecule has 0 radical (unpaired) electrons. The van der Waals surface area contributed by atoms with Gasteiger partial charge in [0, 0.05) is 19.3 Å². The third kappa shape index (κ3) is 4.07. The molecule has 1 aliphatic heterocycles. The van der Waals surface area contributed by atoms with Crippen molar-refractivity contribution in [2.24, 2.45) is 0 Å². The van der Waals surface area contributed by atoms with Crippen molar-refractivity contribution in [2.45, 2.75) is 19.1 Å². The number of alkyl halides is 3. The maximum atomic E-state index is 12.4. The lowest BCUT2D eigenvalue weighted by Crippen LogP contribution is -2.47. The number of amides is 1. The Bertz CT molecular complexity index is 484. The van der Waals surface area contributed by atoms with E-state index in [-0.39, 0.29) is 11.7 Å². The first-order valence-corrected chi connectivity index (χ1v) is 6.54. The van der Waals surface area contributed by atoms with Gasteiger partial charge in [-0.2, -0.15) is 13.2 Å². The van der Waals surface area contributed by atoms with Crippen LogP contribution < -0.4 is 5.32 Å². The van der Waals surface area contributed by atoms with Crippen LogP contribution in [0, 0.1) is 0 Å². The molecule has 0 bridgehead atoms. The van der Waals surface area contributed by atoms with E-state index in [1.165, 1.54) is 6.07 Å². The zero-order valence-electron chi connectivity index (χ0n) is 11.5. The maximum absolute atomic E-state index is 12.4. The molecule has 1 aliphatic rings. The minimum absolute atomic E-state index is 0.125. The van der Waals surface area contributed by atoms with Crippen molar-refractivity contribution < 1.29 is 22.7 Å². The lowest BCUT2D eigenvalue weighted by atomic mass is 10.2. The fourth-order valence-electron chi connectivity index (χ4n) is 1.99. The molecule has 116 valence electrons. The minimum atomic E-state index is -4.42. The molecule has 21 heavy (non-hydrogen) atoms. The molecule has 2 rings (SSSR count). The van der Waals surface area contributed by atoms with Crippen molar-refractivity contribution in [2.75, 3.05) is 31.6 Å². The topological polar surface area (TPSA) is 54.5 Å². The molecule has 1 unspecified atom stereocenters. The van der Waals surface area contributed by atoms with Crippen molar-refractivity contribution in [3.8, 4) is 0 Å². The minimum Gasteiger partial charge on any atom is -0.378 e. The van der Waals surface area contributed by atoms with Gasteiger partial charge in [0.2, 0.25) is 5.91 Å². The molecule has 1 aromatic heterocycles. The molecule has 1 atom stereocenters. The molecule has 1 saturated heterocycles. The van der Waals surface area contributed by atoms with Crippen LogP contribution in [0.4, 0.5) is 19.0 Å². The predicted octanol–water partition coefficient (Wildman–Crippen LogP) is 1.76. The molecule has 0 saturated carbocycles. The van der Waals surface area contributed by atoms with Crippen LogP contribution in [0.15, 0.2) is 18.3 Å². The fraction of sp³-hybridized carbons (Fsp3) is 0.538. The van der Waals surface area contributed by atoms with Gasteiger partial charge >= 0.3 is 6.18 Å². The Morgan fingerprint density at radius 2 is 2.05 bits per heavy atom. The average molecular weight is 303 g/mol. The van der Waals surface area contributed by atoms with Gasteiger partial charge in [0.1, 0.15) is 11.9 Å². The monoisotopic (exact) mass is 303 g/mol. The summed E-state index contributed by atoms with van der Waals surface area (Å²) >= 11 is 0. The van der Waals surface area contributed by atoms with Crippen LogP contribution in [0.1, 0.15) is 12.5 Å². The lowest BCUT2D eigenvalue weighted by Gasteiger charge is -2.29. The summed E-state index contributed by atoms with van der Waals surface area (Å²) in [5, 5.41) is 2.81. The quantitative estimate of drug-likeness (QED) is 0.924. The summed E-state index contributed by atoms with van der Waals surface area (Å²) in [5.41, 5.74) is -0.819. The highest BCUT2D eigenvalue weighted by Gasteiger charge is 2.30. The second-order valence-electron chi connectivity index (χ2n) is 4.73. The molecule has 2 heterocycles. The number of rotatable bonds is 3. The first-order valence-electron chi connectivity index (χ1n) is 6.54. The fourth-order valence-corrected chi connectivity index (χ4v) is 1.99. The highest BCUT2D eigenvalue weighted by molar-refractivity contribution is 5.84. The number of nitrogens with zero attached hydrogens (tertiary/aromatic N) is 2. The van der Waals surface area contributed by atoms with Crippen molar-refractivity contribution in [1.82, 2.24) is 9.88 Å². The van der Waals surface area contributed by atoms with Gasteiger partial charge in [0.05, 0.1) is 18.8 Å². The third-order valence-corrected chi connectivity index (χ3v) is 3.15. The number of halogens is 3. The summed E-state index contributed by atoms with van der Waals surface area (Å²) in [5.74, 6) is 0.108. The largest absolute Gasteiger partial charge is 0.417 e. The summed E-state index contributed by atoms with van der Waals surface area (Å²) < 4.78 is 42.4. The maximum Gasteiger partial charge on any atom is 0.417 e. The molecule has 0 aromatic carbocycles. The van der Waals surface area contributed by atoms with E-state index >= 15 is 0 Å². The Balaban J connectivity index is 1.95. The number of carbonyl (C=O) groups excluding carboxylic acids is 1. The van der Waals surface area contributed by atoms with E-state index in [1.807, 2.05) is 0 Å². The normalized spacial score (nSPS) is 17.4. The second kappa shape index (κ2) is 6.30. The third-order valence-electron chi connectivity index (χ3n) is 3.15. The van der Waals surface area contributed by atoms with Gasteiger partial charge in [-0.1, -0.05) is 0 Å². The smallest absolute Gasteiger partial charge is 0.378 e. The van der Waals surface area contributed by atoms with Gasteiger partial charge in [-0.15, -0.1) is 0 Å². The molecule has 1 N–H and O–H groups in total. The van der Waals surface area contributed by atoms with Gasteiger partial charge in [0.15, 0.2) is 0 Å². The molecular formula is C13H16F3N3O2. The van der Waals surface area contributed by atoms with Crippen LogP contribution in [-0.2, 0) is 15.7 Å². The first-order chi connectivity index (χ1) is 9.88. The summed E-state index contributed by atoms with van der Waals surface area (Å²) in [7, 11) is 0. The SMILES string of the molecule is CC(Nc1ccc(C(F)(F)F)cn1)C(=O)N1CCOCC1. The highest BCUT2D eigenvalue weighted by atomic mass is 19.4. The van der Waals surface area contributed by atoms with E-state index in [2.05, 4.69) is 10.3 Å². The Morgan fingerprint density at radius 1 is 1.38 bits per heavy atom. The summed E-state index contributed by atoms with van der Waals surface area (Å²) in [6.07, 6.45) is -3.67. The molecular weight excluding hydrogens is 287 g/mol. The number of morpholine rings is 1. The molecule has 1 aromatic rings. The van der Waals surface area contributed by atoms with Gasteiger partial charge in [-0.3, -0.25) is 4.79 Å². The van der Waals surface area contributed by atoms with Crippen LogP contribution in [0.3, 0.4) is 0 Å². The molecule has 8 heteroatoms. The van der Waals surface area contributed by atoms with Crippen LogP contribution in [-0.4, -0.2) is 48.1 Å². The summed E-state index contributed by atoms with van der Waals surface area (Å²) in [6, 6.07) is 1.58. The van der Waals surface area contributed by atoms with Crippen LogP contribution in [0.2, 0.25) is 0 Å². The molecule has 5 nitrogen and oxygen atoms in total. The van der Waals surface area contributed by atoms with Gasteiger partial charge in [0.25, 0.3) is 0 Å². The standard InChI is InChI=1S/C13H16F3N3O2/c1-9(12(20)19-4-6-21-7-5-19)18-11-3-2-10(8-17-11)13(14,15)16/h2-3,8-9H,4-7H2,1H3,(H,17,18). The Labute approximate surface area is 120 Å². The van der Waals surface area contributed by atoms with Gasteiger partial charge in [-0.05, 0) is 19.1 Å². The number of aromatic nitrogens is 1. The molecule has 0 aliphatic carbocycles. The number of carbonyl (C=O) groups is 1. The van der Waals surface area contributed by atoms with Crippen LogP contribution >= 0.6 is 0 Å². The predicted molar refractivity (Wildman–Crippen MR) is 69.7 cm³/mol. The Hall–Kier alpha value is -1.83. The lowest BCUT2D eigenvalue weighted by molar-refractivity contribution is -0.138. The number of hydrogen-bond acceptors (Lipinski definition) is 4. The van der Waals surface area contributed by atoms with Crippen molar-refractivity contribution >= 4 is 11.7 Å². The van der Waals surface area contributed by atoms with Crippen molar-refractivity contribution in [3.05, 3.63) is 23.9 Å². The van der Waals surface area contributed by atoms with E-state index < -0.39 is 17.8 Å². The summed E-state index contributed by atoms with van der Waals surface area (Å²) in [4.78, 5) is 17.5. The molecule has 0 spiro atoms. The molecule has 1 amide bonds. The van der Waals surface area contributed by atoms with E-state index in [9.17, 15) is 18.0 Å². The first kappa shape index (κ1) is 15.6. The van der Waals surface area contributed by atoms with Crippen LogP contribution in [0.5, 0.6) is 0 Å².